The molecule has 19 heavy (non-hydrogen) atoms. The minimum absolute atomic E-state index is 0.129. The smallest absolute Gasteiger partial charge is 0.256 e. The van der Waals surface area contributed by atoms with Crippen LogP contribution < -0.4 is 5.32 Å². The van der Waals surface area contributed by atoms with Gasteiger partial charge in [0.05, 0.1) is 0 Å². The SMILES string of the molecule is O=C1c2ccccc2[C@]2(c3ccccc3)NCCN12. The average Bonchev–Trinajstić information content (AvgIpc) is 3.01. The summed E-state index contributed by atoms with van der Waals surface area (Å²) in [7, 11) is 0. The zero-order chi connectivity index (χ0) is 12.9. The molecular weight excluding hydrogens is 236 g/mol. The Kier molecular flexibility index (Phi) is 2.09. The molecule has 0 aliphatic carbocycles. The Labute approximate surface area is 111 Å². The van der Waals surface area contributed by atoms with E-state index in [1.54, 1.807) is 0 Å². The largest absolute Gasteiger partial charge is 0.311 e. The first kappa shape index (κ1) is 10.8. The van der Waals surface area contributed by atoms with E-state index in [0.717, 1.165) is 29.8 Å². The summed E-state index contributed by atoms with van der Waals surface area (Å²) in [5.74, 6) is 0.129. The second kappa shape index (κ2) is 3.68. The van der Waals surface area contributed by atoms with Crippen LogP contribution in [0.3, 0.4) is 0 Å². The lowest BCUT2D eigenvalue weighted by molar-refractivity contribution is 0.0694. The minimum Gasteiger partial charge on any atom is -0.311 e. The number of rotatable bonds is 1. The molecule has 1 fully saturated rings. The van der Waals surface area contributed by atoms with Gasteiger partial charge in [-0.25, -0.2) is 0 Å². The molecule has 1 atom stereocenters. The Balaban J connectivity index is 2.02. The molecule has 1 N–H and O–H groups in total. The van der Waals surface area contributed by atoms with Gasteiger partial charge in [0, 0.05) is 24.2 Å². The molecule has 0 saturated carbocycles. The van der Waals surface area contributed by atoms with E-state index in [4.69, 9.17) is 0 Å². The quantitative estimate of drug-likeness (QED) is 0.839. The van der Waals surface area contributed by atoms with Crippen LogP contribution in [-0.2, 0) is 5.66 Å². The van der Waals surface area contributed by atoms with Crippen molar-refractivity contribution in [2.45, 2.75) is 5.66 Å². The van der Waals surface area contributed by atoms with Gasteiger partial charge in [-0.15, -0.1) is 0 Å². The monoisotopic (exact) mass is 250 g/mol. The predicted molar refractivity (Wildman–Crippen MR) is 72.7 cm³/mol. The Bertz CT molecular complexity index is 653. The first-order valence-corrected chi connectivity index (χ1v) is 6.56. The molecule has 2 aliphatic rings. The molecule has 1 amide bonds. The third-order valence-corrected chi connectivity index (χ3v) is 4.11. The summed E-state index contributed by atoms with van der Waals surface area (Å²) in [5, 5.41) is 3.54. The zero-order valence-electron chi connectivity index (χ0n) is 10.5. The lowest BCUT2D eigenvalue weighted by Gasteiger charge is -2.33. The van der Waals surface area contributed by atoms with E-state index in [1.807, 2.05) is 41.3 Å². The fourth-order valence-electron chi connectivity index (χ4n) is 3.33. The Morgan fingerprint density at radius 2 is 1.74 bits per heavy atom. The van der Waals surface area contributed by atoms with Crippen molar-refractivity contribution in [2.75, 3.05) is 13.1 Å². The number of carbonyl (C=O) groups excluding carboxylic acids is 1. The molecule has 94 valence electrons. The zero-order valence-corrected chi connectivity index (χ0v) is 10.5. The first-order chi connectivity index (χ1) is 9.34. The van der Waals surface area contributed by atoms with Gasteiger partial charge < -0.3 is 4.90 Å². The molecule has 3 heteroatoms. The summed E-state index contributed by atoms with van der Waals surface area (Å²) in [6.07, 6.45) is 0. The van der Waals surface area contributed by atoms with Crippen LogP contribution in [0, 0.1) is 0 Å². The topological polar surface area (TPSA) is 32.3 Å². The van der Waals surface area contributed by atoms with E-state index in [9.17, 15) is 4.79 Å². The molecule has 3 nitrogen and oxygen atoms in total. The maximum Gasteiger partial charge on any atom is 0.256 e. The van der Waals surface area contributed by atoms with Crippen molar-refractivity contribution in [2.24, 2.45) is 0 Å². The number of nitrogens with one attached hydrogen (secondary N) is 1. The molecule has 0 bridgehead atoms. The van der Waals surface area contributed by atoms with Crippen LogP contribution in [0.15, 0.2) is 54.6 Å². The van der Waals surface area contributed by atoms with Crippen molar-refractivity contribution in [3.05, 3.63) is 71.3 Å². The third-order valence-electron chi connectivity index (χ3n) is 4.11. The van der Waals surface area contributed by atoms with Gasteiger partial charge in [-0.2, -0.15) is 0 Å². The van der Waals surface area contributed by atoms with E-state index in [0.29, 0.717) is 0 Å². The van der Waals surface area contributed by atoms with Gasteiger partial charge in [0.1, 0.15) is 5.66 Å². The maximum absolute atomic E-state index is 12.5. The maximum atomic E-state index is 12.5. The molecule has 0 spiro atoms. The van der Waals surface area contributed by atoms with Crippen LogP contribution in [0.1, 0.15) is 21.5 Å². The number of carbonyl (C=O) groups is 1. The van der Waals surface area contributed by atoms with Gasteiger partial charge in [-0.05, 0) is 11.6 Å². The van der Waals surface area contributed by atoms with Crippen LogP contribution >= 0.6 is 0 Å². The molecule has 0 aromatic heterocycles. The van der Waals surface area contributed by atoms with Crippen LogP contribution in [0.2, 0.25) is 0 Å². The number of hydrogen-bond donors (Lipinski definition) is 1. The third kappa shape index (κ3) is 1.23. The molecule has 1 saturated heterocycles. The molecule has 2 aromatic carbocycles. The van der Waals surface area contributed by atoms with Gasteiger partial charge in [-0.1, -0.05) is 48.5 Å². The van der Waals surface area contributed by atoms with Crippen molar-refractivity contribution in [3.8, 4) is 0 Å². The molecule has 2 aromatic rings. The second-order valence-corrected chi connectivity index (χ2v) is 5.01. The summed E-state index contributed by atoms with van der Waals surface area (Å²) in [6, 6.07) is 18.1. The van der Waals surface area contributed by atoms with Crippen LogP contribution in [0.4, 0.5) is 0 Å². The molecule has 2 aliphatic heterocycles. The van der Waals surface area contributed by atoms with Crippen LogP contribution in [0.25, 0.3) is 0 Å². The summed E-state index contributed by atoms with van der Waals surface area (Å²) < 4.78 is 0. The van der Waals surface area contributed by atoms with E-state index in [1.165, 1.54) is 0 Å². The summed E-state index contributed by atoms with van der Waals surface area (Å²) >= 11 is 0. The minimum atomic E-state index is -0.463. The normalized spacial score (nSPS) is 24.4. The highest BCUT2D eigenvalue weighted by molar-refractivity contribution is 6.01. The van der Waals surface area contributed by atoms with E-state index in [2.05, 4.69) is 23.5 Å². The molecule has 0 radical (unpaired) electrons. The van der Waals surface area contributed by atoms with Crippen LogP contribution in [-0.4, -0.2) is 23.9 Å². The summed E-state index contributed by atoms with van der Waals surface area (Å²) in [4.78, 5) is 14.5. The van der Waals surface area contributed by atoms with Crippen molar-refractivity contribution in [1.29, 1.82) is 0 Å². The fraction of sp³-hybridized carbons (Fsp3) is 0.188. The van der Waals surface area contributed by atoms with Crippen molar-refractivity contribution in [3.63, 3.8) is 0 Å². The fourth-order valence-corrected chi connectivity index (χ4v) is 3.33. The highest BCUT2D eigenvalue weighted by Gasteiger charge is 2.53. The lowest BCUT2D eigenvalue weighted by Crippen LogP contribution is -2.46. The van der Waals surface area contributed by atoms with Gasteiger partial charge in [0.15, 0.2) is 0 Å². The standard InChI is InChI=1S/C16H14N2O/c19-15-13-8-4-5-9-14(13)16(17-10-11-18(15)16)12-6-2-1-3-7-12/h1-9,17H,10-11H2/t16-/m1/s1. The molecule has 2 heterocycles. The van der Waals surface area contributed by atoms with Crippen molar-refractivity contribution in [1.82, 2.24) is 10.2 Å². The summed E-state index contributed by atoms with van der Waals surface area (Å²) in [5.41, 5.74) is 2.56. The van der Waals surface area contributed by atoms with E-state index >= 15 is 0 Å². The number of benzene rings is 2. The van der Waals surface area contributed by atoms with Crippen LogP contribution in [0.5, 0.6) is 0 Å². The van der Waals surface area contributed by atoms with E-state index < -0.39 is 5.66 Å². The average molecular weight is 250 g/mol. The first-order valence-electron chi connectivity index (χ1n) is 6.56. The highest BCUT2D eigenvalue weighted by atomic mass is 16.2. The molecule has 0 unspecified atom stereocenters. The van der Waals surface area contributed by atoms with Gasteiger partial charge in [-0.3, -0.25) is 10.1 Å². The second-order valence-electron chi connectivity index (χ2n) is 5.01. The lowest BCUT2D eigenvalue weighted by atomic mass is 9.91. The Hall–Kier alpha value is -2.13. The van der Waals surface area contributed by atoms with E-state index in [-0.39, 0.29) is 5.91 Å². The van der Waals surface area contributed by atoms with Gasteiger partial charge in [0.25, 0.3) is 5.91 Å². The number of fused-ring (bicyclic) bond motifs is 3. The number of amides is 1. The highest BCUT2D eigenvalue weighted by Crippen LogP contribution is 2.43. The predicted octanol–water partition coefficient (Wildman–Crippen LogP) is 1.95. The Morgan fingerprint density at radius 3 is 2.58 bits per heavy atom. The molecular formula is C16H14N2O. The van der Waals surface area contributed by atoms with Gasteiger partial charge >= 0.3 is 0 Å². The molecule has 4 rings (SSSR count). The number of hydrogen-bond acceptors (Lipinski definition) is 2. The van der Waals surface area contributed by atoms with Crippen molar-refractivity contribution < 1.29 is 4.79 Å². The Morgan fingerprint density at radius 1 is 1.00 bits per heavy atom. The number of nitrogens with zero attached hydrogens (tertiary/aromatic N) is 1. The van der Waals surface area contributed by atoms with Crippen molar-refractivity contribution >= 4 is 5.91 Å². The van der Waals surface area contributed by atoms with Gasteiger partial charge in [0.2, 0.25) is 0 Å². The summed E-state index contributed by atoms with van der Waals surface area (Å²) in [6.45, 7) is 1.58.